The normalized spacial score (nSPS) is 21.4. The van der Waals surface area contributed by atoms with Gasteiger partial charge in [0.15, 0.2) is 0 Å². The number of carbonyl (C=O) groups is 1. The summed E-state index contributed by atoms with van der Waals surface area (Å²) in [5, 5.41) is 4.09. The van der Waals surface area contributed by atoms with Gasteiger partial charge in [0.1, 0.15) is 0 Å². The minimum atomic E-state index is 0.106. The summed E-state index contributed by atoms with van der Waals surface area (Å²) < 4.78 is 0.776. The third-order valence-corrected chi connectivity index (χ3v) is 5.50. The first-order valence-corrected chi connectivity index (χ1v) is 8.22. The number of benzene rings is 1. The molecule has 1 amide bonds. The van der Waals surface area contributed by atoms with Crippen LogP contribution in [0.5, 0.6) is 0 Å². The van der Waals surface area contributed by atoms with Gasteiger partial charge in [-0.3, -0.25) is 4.79 Å². The highest BCUT2D eigenvalue weighted by molar-refractivity contribution is 9.10. The van der Waals surface area contributed by atoms with Gasteiger partial charge in [-0.25, -0.2) is 0 Å². The summed E-state index contributed by atoms with van der Waals surface area (Å²) in [4.78, 5) is 14.5. The van der Waals surface area contributed by atoms with E-state index in [4.69, 9.17) is 11.6 Å². The van der Waals surface area contributed by atoms with Crippen molar-refractivity contribution in [2.24, 2.45) is 5.41 Å². The van der Waals surface area contributed by atoms with Gasteiger partial charge >= 0.3 is 0 Å². The van der Waals surface area contributed by atoms with E-state index < -0.39 is 0 Å². The van der Waals surface area contributed by atoms with Crippen LogP contribution in [-0.4, -0.2) is 37.0 Å². The molecule has 2 aliphatic heterocycles. The Hall–Kier alpha value is -0.580. The lowest BCUT2D eigenvalue weighted by atomic mass is 9.78. The maximum atomic E-state index is 12.6. The molecule has 0 unspecified atom stereocenters. The van der Waals surface area contributed by atoms with Crippen molar-refractivity contribution in [3.63, 3.8) is 0 Å². The molecule has 0 atom stereocenters. The van der Waals surface area contributed by atoms with Crippen LogP contribution in [0.15, 0.2) is 22.7 Å². The molecule has 2 heterocycles. The second-order valence-electron chi connectivity index (χ2n) is 5.84. The van der Waals surface area contributed by atoms with Gasteiger partial charge in [0, 0.05) is 29.1 Å². The van der Waals surface area contributed by atoms with Crippen LogP contribution in [0.25, 0.3) is 0 Å². The molecule has 0 aromatic heterocycles. The van der Waals surface area contributed by atoms with Gasteiger partial charge < -0.3 is 10.2 Å². The molecule has 1 spiro atoms. The van der Waals surface area contributed by atoms with Crippen LogP contribution < -0.4 is 5.32 Å². The first-order chi connectivity index (χ1) is 9.60. The number of carbonyl (C=O) groups excluding carboxylic acids is 1. The van der Waals surface area contributed by atoms with Gasteiger partial charge in [-0.05, 0) is 65.4 Å². The number of nitrogens with zero attached hydrogens (tertiary/aromatic N) is 1. The van der Waals surface area contributed by atoms with Crippen LogP contribution in [0.3, 0.4) is 0 Å². The summed E-state index contributed by atoms with van der Waals surface area (Å²) in [5.41, 5.74) is 1.14. The van der Waals surface area contributed by atoms with Crippen LogP contribution in [-0.2, 0) is 0 Å². The van der Waals surface area contributed by atoms with E-state index in [-0.39, 0.29) is 5.91 Å². The van der Waals surface area contributed by atoms with E-state index in [1.807, 2.05) is 4.90 Å². The van der Waals surface area contributed by atoms with Crippen molar-refractivity contribution in [3.05, 3.63) is 33.3 Å². The van der Waals surface area contributed by atoms with Crippen molar-refractivity contribution in [2.45, 2.75) is 19.3 Å². The Morgan fingerprint density at radius 2 is 2.05 bits per heavy atom. The number of piperidine rings is 1. The summed E-state index contributed by atoms with van der Waals surface area (Å²) in [6.07, 6.45) is 3.47. The van der Waals surface area contributed by atoms with Crippen LogP contribution >= 0.6 is 27.5 Å². The zero-order chi connectivity index (χ0) is 14.2. The van der Waals surface area contributed by atoms with Gasteiger partial charge in [0.25, 0.3) is 5.91 Å². The predicted molar refractivity (Wildman–Crippen MR) is 84.2 cm³/mol. The maximum absolute atomic E-state index is 12.6. The molecule has 0 aliphatic carbocycles. The van der Waals surface area contributed by atoms with Crippen LogP contribution in [0, 0.1) is 5.41 Å². The molecule has 1 N–H and O–H groups in total. The standard InChI is InChI=1S/C15H18BrClN2O/c16-13-9-11(17)1-2-12(13)14(20)19-7-4-15(5-8-19)3-6-18-10-15/h1-2,9,18H,3-8,10H2. The Morgan fingerprint density at radius 3 is 2.65 bits per heavy atom. The van der Waals surface area contributed by atoms with E-state index in [9.17, 15) is 4.79 Å². The van der Waals surface area contributed by atoms with E-state index in [0.717, 1.165) is 43.5 Å². The first-order valence-electron chi connectivity index (χ1n) is 7.05. The average Bonchev–Trinajstić information content (AvgIpc) is 2.87. The first kappa shape index (κ1) is 14.4. The van der Waals surface area contributed by atoms with Crippen molar-refractivity contribution in [1.29, 1.82) is 0 Å². The Balaban J connectivity index is 1.69. The molecule has 2 fully saturated rings. The number of halogens is 2. The number of rotatable bonds is 1. The number of hydrogen-bond acceptors (Lipinski definition) is 2. The summed E-state index contributed by atoms with van der Waals surface area (Å²) in [5.74, 6) is 0.106. The highest BCUT2D eigenvalue weighted by Gasteiger charge is 2.38. The molecular formula is C15H18BrClN2O. The molecule has 3 nitrogen and oxygen atoms in total. The van der Waals surface area contributed by atoms with Crippen molar-refractivity contribution in [1.82, 2.24) is 10.2 Å². The van der Waals surface area contributed by atoms with Crippen molar-refractivity contribution in [2.75, 3.05) is 26.2 Å². The molecule has 2 aliphatic rings. The fraction of sp³-hybridized carbons (Fsp3) is 0.533. The lowest BCUT2D eigenvalue weighted by molar-refractivity contribution is 0.0607. The molecule has 0 radical (unpaired) electrons. The molecule has 1 aromatic carbocycles. The molecule has 108 valence electrons. The van der Waals surface area contributed by atoms with Crippen LogP contribution in [0.4, 0.5) is 0 Å². The zero-order valence-corrected chi connectivity index (χ0v) is 13.6. The highest BCUT2D eigenvalue weighted by Crippen LogP contribution is 2.37. The minimum absolute atomic E-state index is 0.106. The summed E-state index contributed by atoms with van der Waals surface area (Å²) in [6, 6.07) is 5.35. The van der Waals surface area contributed by atoms with Crippen LogP contribution in [0.2, 0.25) is 5.02 Å². The van der Waals surface area contributed by atoms with Gasteiger partial charge in [0.2, 0.25) is 0 Å². The molecule has 1 aromatic rings. The molecule has 2 saturated heterocycles. The third kappa shape index (κ3) is 2.74. The maximum Gasteiger partial charge on any atom is 0.254 e. The minimum Gasteiger partial charge on any atom is -0.339 e. The molecule has 5 heteroatoms. The smallest absolute Gasteiger partial charge is 0.254 e. The molecular weight excluding hydrogens is 340 g/mol. The number of likely N-dealkylation sites (tertiary alicyclic amines) is 1. The van der Waals surface area contributed by atoms with Gasteiger partial charge in [-0.15, -0.1) is 0 Å². The van der Waals surface area contributed by atoms with Crippen molar-refractivity contribution < 1.29 is 4.79 Å². The summed E-state index contributed by atoms with van der Waals surface area (Å²) >= 11 is 9.36. The van der Waals surface area contributed by atoms with Crippen molar-refractivity contribution in [3.8, 4) is 0 Å². The number of amides is 1. The second kappa shape index (κ2) is 5.66. The Bertz CT molecular complexity index is 519. The fourth-order valence-corrected chi connectivity index (χ4v) is 4.09. The largest absolute Gasteiger partial charge is 0.339 e. The Morgan fingerprint density at radius 1 is 1.30 bits per heavy atom. The van der Waals surface area contributed by atoms with E-state index in [2.05, 4.69) is 21.2 Å². The van der Waals surface area contributed by atoms with E-state index in [0.29, 0.717) is 16.0 Å². The van der Waals surface area contributed by atoms with Crippen LogP contribution in [0.1, 0.15) is 29.6 Å². The predicted octanol–water partition coefficient (Wildman–Crippen LogP) is 3.32. The lowest BCUT2D eigenvalue weighted by Gasteiger charge is -2.39. The monoisotopic (exact) mass is 356 g/mol. The molecule has 0 saturated carbocycles. The second-order valence-corrected chi connectivity index (χ2v) is 7.13. The fourth-order valence-electron chi connectivity index (χ4n) is 3.24. The molecule has 20 heavy (non-hydrogen) atoms. The average molecular weight is 358 g/mol. The van der Waals surface area contributed by atoms with E-state index in [1.54, 1.807) is 18.2 Å². The lowest BCUT2D eigenvalue weighted by Crippen LogP contribution is -2.44. The molecule has 3 rings (SSSR count). The van der Waals surface area contributed by atoms with Gasteiger partial charge in [-0.2, -0.15) is 0 Å². The SMILES string of the molecule is O=C(c1ccc(Cl)cc1Br)N1CCC2(CCNC2)CC1. The topological polar surface area (TPSA) is 32.3 Å². The number of hydrogen-bond donors (Lipinski definition) is 1. The quantitative estimate of drug-likeness (QED) is 0.836. The summed E-state index contributed by atoms with van der Waals surface area (Å²) in [6.45, 7) is 3.95. The van der Waals surface area contributed by atoms with Gasteiger partial charge in [0.05, 0.1) is 5.56 Å². The third-order valence-electron chi connectivity index (χ3n) is 4.60. The molecule has 0 bridgehead atoms. The van der Waals surface area contributed by atoms with Gasteiger partial charge in [-0.1, -0.05) is 11.6 Å². The van der Waals surface area contributed by atoms with Crippen molar-refractivity contribution >= 4 is 33.4 Å². The van der Waals surface area contributed by atoms with E-state index in [1.165, 1.54) is 6.42 Å². The number of nitrogens with one attached hydrogen (secondary N) is 1. The highest BCUT2D eigenvalue weighted by atomic mass is 79.9. The zero-order valence-electron chi connectivity index (χ0n) is 11.3. The Kier molecular flexibility index (Phi) is 4.07. The summed E-state index contributed by atoms with van der Waals surface area (Å²) in [7, 11) is 0. The Labute approximate surface area is 132 Å². The van der Waals surface area contributed by atoms with E-state index >= 15 is 0 Å².